The molecular weight excluding hydrogens is 388 g/mol. The number of fused-ring (bicyclic) bond motifs is 1. The summed E-state index contributed by atoms with van der Waals surface area (Å²) in [4.78, 5) is 24.3. The molecule has 0 aliphatic rings. The van der Waals surface area contributed by atoms with Crippen molar-refractivity contribution >= 4 is 22.6 Å². The van der Waals surface area contributed by atoms with Crippen LogP contribution >= 0.6 is 0 Å². The van der Waals surface area contributed by atoms with E-state index in [9.17, 15) is 9.59 Å². The summed E-state index contributed by atoms with van der Waals surface area (Å²) in [5.41, 5.74) is 3.49. The normalized spacial score (nSPS) is 11.1. The van der Waals surface area contributed by atoms with Gasteiger partial charge in [-0.1, -0.05) is 66.5 Å². The first-order valence-electron chi connectivity index (χ1n) is 10.8. The average Bonchev–Trinajstić information content (AvgIpc) is 3.42. The number of aryl methyl sites for hydroxylation is 1. The zero-order chi connectivity index (χ0) is 21.6. The molecule has 0 unspecified atom stereocenters. The van der Waals surface area contributed by atoms with E-state index in [1.807, 2.05) is 54.7 Å². The molecule has 0 amide bonds. The predicted molar refractivity (Wildman–Crippen MR) is 121 cm³/mol. The van der Waals surface area contributed by atoms with Gasteiger partial charge in [-0.05, 0) is 30.9 Å². The summed E-state index contributed by atoms with van der Waals surface area (Å²) in [7, 11) is 0. The molecular formula is C26H26N2O3. The van der Waals surface area contributed by atoms with E-state index >= 15 is 0 Å². The number of Topliss-reactive ketones (excluding diaryl/α,β-unsaturated/α-hetero) is 1. The van der Waals surface area contributed by atoms with Crippen molar-refractivity contribution in [3.8, 4) is 11.3 Å². The maximum Gasteiger partial charge on any atom is 0.227 e. The highest BCUT2D eigenvalue weighted by atomic mass is 16.5. The van der Waals surface area contributed by atoms with Gasteiger partial charge in [0.15, 0.2) is 11.5 Å². The molecule has 2 aromatic heterocycles. The van der Waals surface area contributed by atoms with Gasteiger partial charge in [0.1, 0.15) is 5.69 Å². The van der Waals surface area contributed by atoms with Gasteiger partial charge >= 0.3 is 0 Å². The molecule has 2 aromatic carbocycles. The Morgan fingerprint density at radius 2 is 1.68 bits per heavy atom. The van der Waals surface area contributed by atoms with Crippen LogP contribution in [0.1, 0.15) is 59.9 Å². The van der Waals surface area contributed by atoms with Gasteiger partial charge in [0.2, 0.25) is 5.91 Å². The van der Waals surface area contributed by atoms with Crippen molar-refractivity contribution in [3.05, 3.63) is 78.1 Å². The molecule has 0 atom stereocenters. The molecule has 31 heavy (non-hydrogen) atoms. The van der Waals surface area contributed by atoms with Gasteiger partial charge in [-0.15, -0.1) is 0 Å². The molecule has 0 saturated heterocycles. The van der Waals surface area contributed by atoms with Crippen LogP contribution in [-0.4, -0.2) is 21.4 Å². The maximum atomic E-state index is 12.4. The second-order valence-electron chi connectivity index (χ2n) is 7.84. The largest absolute Gasteiger partial charge is 0.356 e. The molecule has 158 valence electrons. The Balaban J connectivity index is 1.23. The molecule has 2 heterocycles. The monoisotopic (exact) mass is 414 g/mol. The van der Waals surface area contributed by atoms with E-state index in [1.165, 1.54) is 5.56 Å². The van der Waals surface area contributed by atoms with Crippen molar-refractivity contribution < 1.29 is 14.1 Å². The number of carbonyl (C=O) groups is 2. The Bertz CT molecular complexity index is 1190. The van der Waals surface area contributed by atoms with Crippen LogP contribution < -0.4 is 0 Å². The lowest BCUT2D eigenvalue weighted by molar-refractivity contribution is 0.0939. The Kier molecular flexibility index (Phi) is 6.41. The molecule has 0 aliphatic heterocycles. The molecule has 5 heteroatoms. The van der Waals surface area contributed by atoms with E-state index in [0.29, 0.717) is 17.9 Å². The van der Waals surface area contributed by atoms with Crippen molar-refractivity contribution in [2.24, 2.45) is 0 Å². The molecule has 0 saturated carbocycles. The first kappa shape index (κ1) is 20.8. The van der Waals surface area contributed by atoms with Gasteiger partial charge in [0.05, 0.1) is 5.52 Å². The minimum Gasteiger partial charge on any atom is -0.356 e. The van der Waals surface area contributed by atoms with Crippen molar-refractivity contribution in [1.82, 2.24) is 9.72 Å². The molecule has 0 N–H and O–H groups in total. The highest BCUT2D eigenvalue weighted by Gasteiger charge is 2.14. The second kappa shape index (κ2) is 9.56. The van der Waals surface area contributed by atoms with Gasteiger partial charge in [0, 0.05) is 36.6 Å². The highest BCUT2D eigenvalue weighted by molar-refractivity contribution is 5.95. The molecule has 4 rings (SSSR count). The molecule has 5 nitrogen and oxygen atoms in total. The first-order valence-corrected chi connectivity index (χ1v) is 10.8. The quantitative estimate of drug-likeness (QED) is 0.237. The summed E-state index contributed by atoms with van der Waals surface area (Å²) in [6, 6.07) is 19.4. The number of nitrogens with zero attached hydrogens (tertiary/aromatic N) is 2. The fourth-order valence-corrected chi connectivity index (χ4v) is 3.94. The van der Waals surface area contributed by atoms with Gasteiger partial charge in [-0.3, -0.25) is 14.2 Å². The topological polar surface area (TPSA) is 65.1 Å². The predicted octanol–water partition coefficient (Wildman–Crippen LogP) is 6.33. The summed E-state index contributed by atoms with van der Waals surface area (Å²) < 4.78 is 7.05. The van der Waals surface area contributed by atoms with Gasteiger partial charge in [-0.25, -0.2) is 0 Å². The van der Waals surface area contributed by atoms with Gasteiger partial charge in [-0.2, -0.15) is 0 Å². The van der Waals surface area contributed by atoms with Gasteiger partial charge in [0.25, 0.3) is 0 Å². The van der Waals surface area contributed by atoms with Crippen LogP contribution in [0.2, 0.25) is 0 Å². The van der Waals surface area contributed by atoms with Crippen LogP contribution in [-0.2, 0) is 6.42 Å². The lowest BCUT2D eigenvalue weighted by Gasteiger charge is -2.01. The highest BCUT2D eigenvalue weighted by Crippen LogP contribution is 2.24. The van der Waals surface area contributed by atoms with Crippen LogP contribution in [0, 0.1) is 0 Å². The summed E-state index contributed by atoms with van der Waals surface area (Å²) in [6.07, 6.45) is 7.26. The fraction of sp³-hybridized carbons (Fsp3) is 0.269. The smallest absolute Gasteiger partial charge is 0.227 e. The lowest BCUT2D eigenvalue weighted by atomic mass is 10.0. The first-order chi connectivity index (χ1) is 15.1. The maximum absolute atomic E-state index is 12.4. The van der Waals surface area contributed by atoms with Crippen molar-refractivity contribution in [1.29, 1.82) is 0 Å². The van der Waals surface area contributed by atoms with Gasteiger partial charge < -0.3 is 4.52 Å². The summed E-state index contributed by atoms with van der Waals surface area (Å²) in [6.45, 7) is 1.59. The number of carbonyl (C=O) groups excluding carboxylic acids is 2. The second-order valence-corrected chi connectivity index (χ2v) is 7.84. The van der Waals surface area contributed by atoms with Crippen LogP contribution in [0.15, 0.2) is 71.4 Å². The molecule has 0 aliphatic carbocycles. The zero-order valence-corrected chi connectivity index (χ0v) is 17.7. The number of rotatable bonds is 9. The molecule has 4 aromatic rings. The number of unbranched alkanes of at least 4 members (excludes halogenated alkanes) is 3. The minimum atomic E-state index is 0.0236. The number of para-hydroxylation sites is 1. The SMILES string of the molecule is CC(=O)n1cc(CCCCCCC(=O)c2cc(-c3ccccc3)on2)c2ccccc21. The van der Waals surface area contributed by atoms with Crippen molar-refractivity contribution in [2.75, 3.05) is 0 Å². The van der Waals surface area contributed by atoms with E-state index in [2.05, 4.69) is 11.2 Å². The van der Waals surface area contributed by atoms with Crippen LogP contribution in [0.25, 0.3) is 22.2 Å². The third-order valence-corrected chi connectivity index (χ3v) is 5.59. The minimum absolute atomic E-state index is 0.0236. The van der Waals surface area contributed by atoms with Crippen LogP contribution in [0.5, 0.6) is 0 Å². The Labute approximate surface area is 181 Å². The molecule has 0 radical (unpaired) electrons. The summed E-state index contributed by atoms with van der Waals surface area (Å²) in [5.74, 6) is 0.674. The Morgan fingerprint density at radius 1 is 0.935 bits per heavy atom. The number of benzene rings is 2. The van der Waals surface area contributed by atoms with Crippen molar-refractivity contribution in [3.63, 3.8) is 0 Å². The van der Waals surface area contributed by atoms with Crippen LogP contribution in [0.3, 0.4) is 0 Å². The lowest BCUT2D eigenvalue weighted by Crippen LogP contribution is -2.02. The number of hydrogen-bond acceptors (Lipinski definition) is 4. The number of ketones is 1. The molecule has 0 fully saturated rings. The Morgan fingerprint density at radius 3 is 2.48 bits per heavy atom. The van der Waals surface area contributed by atoms with Crippen molar-refractivity contribution in [2.45, 2.75) is 45.4 Å². The van der Waals surface area contributed by atoms with E-state index < -0.39 is 0 Å². The third-order valence-electron chi connectivity index (χ3n) is 5.59. The summed E-state index contributed by atoms with van der Waals surface area (Å²) >= 11 is 0. The van der Waals surface area contributed by atoms with E-state index in [0.717, 1.165) is 48.6 Å². The fourth-order valence-electron chi connectivity index (χ4n) is 3.94. The zero-order valence-electron chi connectivity index (χ0n) is 17.7. The number of hydrogen-bond donors (Lipinski definition) is 0. The summed E-state index contributed by atoms with van der Waals surface area (Å²) in [5, 5.41) is 5.08. The van der Waals surface area contributed by atoms with E-state index in [4.69, 9.17) is 4.52 Å². The molecule has 0 bridgehead atoms. The third kappa shape index (κ3) is 4.82. The number of aromatic nitrogens is 2. The standard InChI is InChI=1S/C26H26N2O3/c1-19(29)28-18-21(22-14-9-10-15-24(22)28)13-5-2-3-8-16-25(30)23-17-26(31-27-23)20-11-6-4-7-12-20/h4,6-7,9-12,14-15,17-18H,2-3,5,8,13,16H2,1H3. The van der Waals surface area contributed by atoms with Crippen LogP contribution in [0.4, 0.5) is 0 Å². The van der Waals surface area contributed by atoms with E-state index in [-0.39, 0.29) is 11.7 Å². The molecule has 0 spiro atoms. The Hall–Kier alpha value is -3.47. The van der Waals surface area contributed by atoms with E-state index in [1.54, 1.807) is 17.6 Å². The average molecular weight is 415 g/mol.